The van der Waals surface area contributed by atoms with Crippen LogP contribution in [0.4, 0.5) is 4.39 Å². The Balaban J connectivity index is 1.42. The van der Waals surface area contributed by atoms with Gasteiger partial charge < -0.3 is 9.72 Å². The van der Waals surface area contributed by atoms with E-state index in [1.54, 1.807) is 0 Å². The van der Waals surface area contributed by atoms with Gasteiger partial charge in [0.05, 0.1) is 12.2 Å². The number of nitrogens with one attached hydrogen (secondary N) is 2. The van der Waals surface area contributed by atoms with Crippen LogP contribution in [0.1, 0.15) is 69.2 Å². The Morgan fingerprint density at radius 3 is 2.86 bits per heavy atom. The molecule has 3 atom stereocenters. The SMILES string of the molecule is CCCCCC1(c2ccc(O[C@H]3CCN(CCCF)C3)nc2)NC(C)Cc2c1[nH]c1ccccc21. The summed E-state index contributed by atoms with van der Waals surface area (Å²) in [6.07, 6.45) is 9.30. The lowest BCUT2D eigenvalue weighted by Crippen LogP contribution is -2.52. The molecule has 5 nitrogen and oxygen atoms in total. The van der Waals surface area contributed by atoms with Crippen molar-refractivity contribution in [3.05, 3.63) is 59.4 Å². The number of para-hydroxylation sites is 1. The first-order valence-electron chi connectivity index (χ1n) is 13.4. The molecule has 0 spiro atoms. The van der Waals surface area contributed by atoms with Crippen LogP contribution in [-0.2, 0) is 12.0 Å². The largest absolute Gasteiger partial charge is 0.473 e. The van der Waals surface area contributed by atoms with Crippen molar-refractivity contribution in [2.24, 2.45) is 0 Å². The number of likely N-dealkylation sites (tertiary alicyclic amines) is 1. The van der Waals surface area contributed by atoms with E-state index < -0.39 is 0 Å². The third-order valence-electron chi connectivity index (χ3n) is 7.75. The molecule has 1 saturated heterocycles. The molecule has 0 aliphatic carbocycles. The molecule has 0 saturated carbocycles. The van der Waals surface area contributed by atoms with Crippen LogP contribution < -0.4 is 10.1 Å². The molecule has 2 aliphatic heterocycles. The highest BCUT2D eigenvalue weighted by atomic mass is 19.1. The minimum absolute atomic E-state index is 0.125. The van der Waals surface area contributed by atoms with Gasteiger partial charge in [-0.05, 0) is 55.9 Å². The molecule has 3 aromatic rings. The predicted molar refractivity (Wildman–Crippen MR) is 140 cm³/mol. The molecule has 2 unspecified atom stereocenters. The number of aromatic amines is 1. The van der Waals surface area contributed by atoms with Gasteiger partial charge in [0.15, 0.2) is 0 Å². The zero-order chi connectivity index (χ0) is 24.3. The summed E-state index contributed by atoms with van der Waals surface area (Å²) in [5, 5.41) is 5.33. The molecule has 6 heteroatoms. The van der Waals surface area contributed by atoms with Crippen LogP contribution >= 0.6 is 0 Å². The van der Waals surface area contributed by atoms with Gasteiger partial charge in [-0.25, -0.2) is 4.98 Å². The van der Waals surface area contributed by atoms with Gasteiger partial charge in [-0.3, -0.25) is 14.6 Å². The fraction of sp³-hybridized carbons (Fsp3) is 0.552. The molecular weight excluding hydrogens is 439 g/mol. The summed E-state index contributed by atoms with van der Waals surface area (Å²) >= 11 is 0. The Bertz CT molecular complexity index is 1110. The molecule has 2 aliphatic rings. The summed E-state index contributed by atoms with van der Waals surface area (Å²) in [4.78, 5) is 10.9. The average molecular weight is 479 g/mol. The first-order chi connectivity index (χ1) is 17.1. The maximum absolute atomic E-state index is 12.5. The van der Waals surface area contributed by atoms with Crippen molar-refractivity contribution in [3.63, 3.8) is 0 Å². The molecule has 35 heavy (non-hydrogen) atoms. The third-order valence-corrected chi connectivity index (χ3v) is 7.75. The van der Waals surface area contributed by atoms with Gasteiger partial charge in [0.2, 0.25) is 5.88 Å². The second-order valence-corrected chi connectivity index (χ2v) is 10.4. The van der Waals surface area contributed by atoms with E-state index in [2.05, 4.69) is 59.4 Å². The predicted octanol–water partition coefficient (Wildman–Crippen LogP) is 5.73. The average Bonchev–Trinajstić information content (AvgIpc) is 3.48. The van der Waals surface area contributed by atoms with E-state index in [1.165, 1.54) is 40.6 Å². The minimum Gasteiger partial charge on any atom is -0.473 e. The second kappa shape index (κ2) is 10.7. The number of unbranched alkanes of at least 4 members (excludes halogenated alkanes) is 2. The number of halogens is 1. The number of hydrogen-bond donors (Lipinski definition) is 2. The molecule has 0 radical (unpaired) electrons. The number of pyridine rings is 1. The van der Waals surface area contributed by atoms with Crippen molar-refractivity contribution in [2.75, 3.05) is 26.3 Å². The van der Waals surface area contributed by atoms with E-state index in [0.717, 1.165) is 45.3 Å². The highest BCUT2D eigenvalue weighted by Gasteiger charge is 2.42. The maximum atomic E-state index is 12.5. The van der Waals surface area contributed by atoms with E-state index in [9.17, 15) is 4.39 Å². The van der Waals surface area contributed by atoms with E-state index in [0.29, 0.717) is 18.3 Å². The van der Waals surface area contributed by atoms with Crippen molar-refractivity contribution < 1.29 is 9.13 Å². The summed E-state index contributed by atoms with van der Waals surface area (Å²) in [6, 6.07) is 13.3. The Labute approximate surface area is 208 Å². The number of fused-ring (bicyclic) bond motifs is 3. The van der Waals surface area contributed by atoms with Crippen LogP contribution in [0.5, 0.6) is 5.88 Å². The van der Waals surface area contributed by atoms with E-state index in [4.69, 9.17) is 9.72 Å². The Hall–Kier alpha value is -2.44. The van der Waals surface area contributed by atoms with E-state index in [-0.39, 0.29) is 18.3 Å². The molecule has 2 aromatic heterocycles. The normalized spacial score (nSPS) is 24.7. The maximum Gasteiger partial charge on any atom is 0.213 e. The van der Waals surface area contributed by atoms with Gasteiger partial charge in [0, 0.05) is 54.5 Å². The van der Waals surface area contributed by atoms with Crippen LogP contribution in [0.25, 0.3) is 10.9 Å². The first kappa shape index (κ1) is 24.3. The van der Waals surface area contributed by atoms with Crippen molar-refractivity contribution in [3.8, 4) is 5.88 Å². The van der Waals surface area contributed by atoms with Gasteiger partial charge >= 0.3 is 0 Å². The topological polar surface area (TPSA) is 53.2 Å². The summed E-state index contributed by atoms with van der Waals surface area (Å²) in [6.45, 7) is 6.91. The fourth-order valence-corrected chi connectivity index (χ4v) is 6.09. The summed E-state index contributed by atoms with van der Waals surface area (Å²) in [7, 11) is 0. The molecule has 188 valence electrons. The van der Waals surface area contributed by atoms with Crippen LogP contribution in [0, 0.1) is 0 Å². The highest BCUT2D eigenvalue weighted by Crippen LogP contribution is 2.43. The molecule has 4 heterocycles. The smallest absolute Gasteiger partial charge is 0.213 e. The number of benzene rings is 1. The number of hydrogen-bond acceptors (Lipinski definition) is 4. The van der Waals surface area contributed by atoms with Crippen molar-refractivity contribution in [1.82, 2.24) is 20.2 Å². The lowest BCUT2D eigenvalue weighted by molar-refractivity contribution is 0.191. The number of rotatable bonds is 10. The van der Waals surface area contributed by atoms with Gasteiger partial charge in [-0.1, -0.05) is 44.4 Å². The molecule has 1 fully saturated rings. The van der Waals surface area contributed by atoms with Crippen molar-refractivity contribution >= 4 is 10.9 Å². The number of nitrogens with zero attached hydrogens (tertiary/aromatic N) is 2. The molecule has 5 rings (SSSR count). The Kier molecular flexibility index (Phi) is 7.40. The zero-order valence-electron chi connectivity index (χ0n) is 21.2. The number of alkyl halides is 1. The van der Waals surface area contributed by atoms with Crippen molar-refractivity contribution in [1.29, 1.82) is 0 Å². The Morgan fingerprint density at radius 2 is 2.06 bits per heavy atom. The van der Waals surface area contributed by atoms with E-state index >= 15 is 0 Å². The fourth-order valence-electron chi connectivity index (χ4n) is 6.09. The molecule has 0 bridgehead atoms. The van der Waals surface area contributed by atoms with Gasteiger partial charge in [0.1, 0.15) is 6.10 Å². The third kappa shape index (κ3) is 4.96. The quantitative estimate of drug-likeness (QED) is 0.365. The van der Waals surface area contributed by atoms with Crippen LogP contribution in [0.2, 0.25) is 0 Å². The highest BCUT2D eigenvalue weighted by molar-refractivity contribution is 5.85. The molecule has 2 N–H and O–H groups in total. The Morgan fingerprint density at radius 1 is 1.17 bits per heavy atom. The number of ether oxygens (including phenoxy) is 1. The standard InChI is InChI=1S/C29H39FN4O/c1-3-4-7-14-29(28-25(18-21(2)33-29)24-9-5-6-10-26(24)32-28)22-11-12-27(31-19-22)35-23-13-17-34(20-23)16-8-15-30/h5-6,9-12,19,21,23,32-33H,3-4,7-8,13-18,20H2,1-2H3/t21?,23-,29?/m0/s1. The summed E-state index contributed by atoms with van der Waals surface area (Å²) in [5.41, 5.74) is 4.84. The lowest BCUT2D eigenvalue weighted by atomic mass is 9.76. The number of aromatic nitrogens is 2. The number of H-pyrrole nitrogens is 1. The van der Waals surface area contributed by atoms with E-state index in [1.807, 2.05) is 12.3 Å². The molecular formula is C29H39FN4O. The monoisotopic (exact) mass is 478 g/mol. The minimum atomic E-state index is -0.288. The van der Waals surface area contributed by atoms with Crippen LogP contribution in [0.15, 0.2) is 42.6 Å². The van der Waals surface area contributed by atoms with Crippen LogP contribution in [0.3, 0.4) is 0 Å². The summed E-state index contributed by atoms with van der Waals surface area (Å²) in [5.74, 6) is 0.676. The molecule has 1 aromatic carbocycles. The second-order valence-electron chi connectivity index (χ2n) is 10.4. The molecule has 0 amide bonds. The van der Waals surface area contributed by atoms with Crippen molar-refractivity contribution in [2.45, 2.75) is 76.5 Å². The first-order valence-corrected chi connectivity index (χ1v) is 13.4. The van der Waals surface area contributed by atoms with Gasteiger partial charge in [-0.2, -0.15) is 0 Å². The zero-order valence-corrected chi connectivity index (χ0v) is 21.2. The van der Waals surface area contributed by atoms with Gasteiger partial charge in [0.25, 0.3) is 0 Å². The lowest BCUT2D eigenvalue weighted by Gasteiger charge is -2.42. The summed E-state index contributed by atoms with van der Waals surface area (Å²) < 4.78 is 18.7. The van der Waals surface area contributed by atoms with Crippen LogP contribution in [-0.4, -0.2) is 53.3 Å². The van der Waals surface area contributed by atoms with Gasteiger partial charge in [-0.15, -0.1) is 0 Å².